The van der Waals surface area contributed by atoms with Gasteiger partial charge in [0, 0.05) is 5.56 Å². The van der Waals surface area contributed by atoms with Gasteiger partial charge in [-0.05, 0) is 43.3 Å². The Morgan fingerprint density at radius 3 is 2.54 bits per heavy atom. The molecule has 0 aliphatic carbocycles. The van der Waals surface area contributed by atoms with E-state index in [0.717, 1.165) is 0 Å². The van der Waals surface area contributed by atoms with Crippen molar-refractivity contribution in [3.63, 3.8) is 0 Å². The van der Waals surface area contributed by atoms with Gasteiger partial charge in [0.05, 0.1) is 17.1 Å². The van der Waals surface area contributed by atoms with Gasteiger partial charge in [0.1, 0.15) is 11.0 Å². The van der Waals surface area contributed by atoms with Crippen molar-refractivity contribution in [2.45, 2.75) is 31.8 Å². The smallest absolute Gasteiger partial charge is 0.174 e. The Morgan fingerprint density at radius 1 is 1.21 bits per heavy atom. The molecule has 1 atom stereocenters. The van der Waals surface area contributed by atoms with E-state index in [9.17, 15) is 8.42 Å². The number of aromatic nitrogens is 5. The molecule has 0 spiro atoms. The fourth-order valence-corrected chi connectivity index (χ4v) is 3.93. The van der Waals surface area contributed by atoms with Gasteiger partial charge in [0.2, 0.25) is 0 Å². The summed E-state index contributed by atoms with van der Waals surface area (Å²) in [6.45, 7) is 5.00. The normalized spacial score (nSPS) is 13.1. The molecule has 2 aromatic heterocycles. The third kappa shape index (κ3) is 2.94. The number of hydrogen-bond acceptors (Lipinski definition) is 7. The zero-order valence-corrected chi connectivity index (χ0v) is 14.4. The molecular formula is C15H17N5O3S. The molecule has 0 aliphatic rings. The van der Waals surface area contributed by atoms with Crippen LogP contribution in [-0.2, 0) is 15.6 Å². The maximum Gasteiger partial charge on any atom is 0.174 e. The minimum atomic E-state index is -3.55. The number of sulfone groups is 1. The second-order valence-electron chi connectivity index (χ2n) is 5.54. The standard InChI is InChI=1S/C15H17N5O3S/c1-10-14(11(2)23-17-10)9-24(21,22)12(3)15-16-18-19-20(15)13-7-5-4-6-8-13/h4-8,12H,9H2,1-3H3/t12-/m0/s1. The highest BCUT2D eigenvalue weighted by Gasteiger charge is 2.30. The van der Waals surface area contributed by atoms with Crippen LogP contribution in [0.25, 0.3) is 5.69 Å². The van der Waals surface area contributed by atoms with Crippen LogP contribution in [0.3, 0.4) is 0 Å². The summed E-state index contributed by atoms with van der Waals surface area (Å²) in [6, 6.07) is 9.17. The number of nitrogens with zero attached hydrogens (tertiary/aromatic N) is 5. The van der Waals surface area contributed by atoms with Crippen LogP contribution in [0, 0.1) is 13.8 Å². The van der Waals surface area contributed by atoms with Crippen molar-refractivity contribution < 1.29 is 12.9 Å². The zero-order chi connectivity index (χ0) is 17.3. The molecule has 1 aromatic carbocycles. The molecule has 0 saturated heterocycles. The van der Waals surface area contributed by atoms with Crippen LogP contribution in [0.15, 0.2) is 34.9 Å². The van der Waals surface area contributed by atoms with E-state index in [1.165, 1.54) is 4.68 Å². The van der Waals surface area contributed by atoms with Gasteiger partial charge in [0.25, 0.3) is 0 Å². The van der Waals surface area contributed by atoms with Crippen LogP contribution >= 0.6 is 0 Å². The van der Waals surface area contributed by atoms with Gasteiger partial charge in [-0.15, -0.1) is 5.10 Å². The first kappa shape index (κ1) is 16.3. The highest BCUT2D eigenvalue weighted by Crippen LogP contribution is 2.27. The Balaban J connectivity index is 1.95. The molecule has 9 heteroatoms. The van der Waals surface area contributed by atoms with E-state index in [0.29, 0.717) is 22.7 Å². The topological polar surface area (TPSA) is 104 Å². The monoisotopic (exact) mass is 347 g/mol. The first-order valence-corrected chi connectivity index (χ1v) is 9.08. The number of hydrogen-bond donors (Lipinski definition) is 0. The molecule has 0 bridgehead atoms. The maximum absolute atomic E-state index is 12.8. The number of benzene rings is 1. The van der Waals surface area contributed by atoms with Crippen LogP contribution in [0.2, 0.25) is 0 Å². The lowest BCUT2D eigenvalue weighted by atomic mass is 10.2. The van der Waals surface area contributed by atoms with Crippen molar-refractivity contribution in [1.29, 1.82) is 0 Å². The van der Waals surface area contributed by atoms with Gasteiger partial charge in [-0.25, -0.2) is 8.42 Å². The number of rotatable bonds is 5. The maximum atomic E-state index is 12.8. The van der Waals surface area contributed by atoms with Gasteiger partial charge >= 0.3 is 0 Å². The molecule has 0 saturated carbocycles. The molecule has 0 aliphatic heterocycles. The van der Waals surface area contributed by atoms with Crippen LogP contribution < -0.4 is 0 Å². The minimum absolute atomic E-state index is 0.170. The molecule has 3 rings (SSSR count). The second kappa shape index (κ2) is 6.16. The fraction of sp³-hybridized carbons (Fsp3) is 0.333. The number of aryl methyl sites for hydroxylation is 2. The van der Waals surface area contributed by atoms with E-state index in [-0.39, 0.29) is 11.6 Å². The van der Waals surface area contributed by atoms with Crippen molar-refractivity contribution in [2.24, 2.45) is 0 Å². The van der Waals surface area contributed by atoms with Crippen molar-refractivity contribution in [3.05, 3.63) is 53.2 Å². The Kier molecular flexibility index (Phi) is 4.18. The Hall–Kier alpha value is -2.55. The van der Waals surface area contributed by atoms with Crippen LogP contribution in [0.4, 0.5) is 0 Å². The van der Waals surface area contributed by atoms with E-state index in [4.69, 9.17) is 4.52 Å². The van der Waals surface area contributed by atoms with Gasteiger partial charge in [-0.2, -0.15) is 4.68 Å². The molecular weight excluding hydrogens is 330 g/mol. The van der Waals surface area contributed by atoms with Gasteiger partial charge < -0.3 is 4.52 Å². The van der Waals surface area contributed by atoms with E-state index >= 15 is 0 Å². The molecule has 2 heterocycles. The molecule has 24 heavy (non-hydrogen) atoms. The third-order valence-electron chi connectivity index (χ3n) is 3.92. The summed E-state index contributed by atoms with van der Waals surface area (Å²) in [4.78, 5) is 0. The summed E-state index contributed by atoms with van der Waals surface area (Å²) in [7, 11) is -3.55. The minimum Gasteiger partial charge on any atom is -0.361 e. The number of para-hydroxylation sites is 1. The predicted octanol–water partition coefficient (Wildman–Crippen LogP) is 1.94. The molecule has 0 amide bonds. The van der Waals surface area contributed by atoms with Crippen molar-refractivity contribution in [3.8, 4) is 5.69 Å². The van der Waals surface area contributed by atoms with E-state index < -0.39 is 15.1 Å². The highest BCUT2D eigenvalue weighted by atomic mass is 32.2. The molecule has 8 nitrogen and oxygen atoms in total. The Bertz CT molecular complexity index is 927. The van der Waals surface area contributed by atoms with Gasteiger partial charge in [-0.3, -0.25) is 0 Å². The lowest BCUT2D eigenvalue weighted by Crippen LogP contribution is -2.18. The van der Waals surface area contributed by atoms with Gasteiger partial charge in [-0.1, -0.05) is 23.4 Å². The van der Waals surface area contributed by atoms with E-state index in [1.807, 2.05) is 30.3 Å². The fourth-order valence-electron chi connectivity index (χ4n) is 2.40. The Labute approximate surface area is 139 Å². The SMILES string of the molecule is Cc1noc(C)c1CS(=O)(=O)[C@@H](C)c1nnnn1-c1ccccc1. The van der Waals surface area contributed by atoms with Crippen molar-refractivity contribution >= 4 is 9.84 Å². The molecule has 0 fully saturated rings. The molecule has 3 aromatic rings. The first-order valence-electron chi connectivity index (χ1n) is 7.37. The van der Waals surface area contributed by atoms with Crippen molar-refractivity contribution in [1.82, 2.24) is 25.4 Å². The largest absolute Gasteiger partial charge is 0.361 e. The first-order chi connectivity index (χ1) is 11.4. The number of tetrazole rings is 1. The molecule has 0 N–H and O–H groups in total. The van der Waals surface area contributed by atoms with Crippen LogP contribution in [0.5, 0.6) is 0 Å². The molecule has 0 radical (unpaired) electrons. The summed E-state index contributed by atoms with van der Waals surface area (Å²) in [5.74, 6) is 0.607. The second-order valence-corrected chi connectivity index (χ2v) is 7.86. The predicted molar refractivity (Wildman–Crippen MR) is 86.2 cm³/mol. The zero-order valence-electron chi connectivity index (χ0n) is 13.5. The average molecular weight is 347 g/mol. The lowest BCUT2D eigenvalue weighted by molar-refractivity contribution is 0.392. The highest BCUT2D eigenvalue weighted by molar-refractivity contribution is 7.90. The summed E-state index contributed by atoms with van der Waals surface area (Å²) in [6.07, 6.45) is 0. The van der Waals surface area contributed by atoms with Gasteiger partial charge in [0.15, 0.2) is 15.7 Å². The van der Waals surface area contributed by atoms with Crippen LogP contribution in [-0.4, -0.2) is 33.8 Å². The summed E-state index contributed by atoms with van der Waals surface area (Å²) < 4.78 is 32.1. The average Bonchev–Trinajstić information content (AvgIpc) is 3.17. The molecule has 0 unspecified atom stereocenters. The molecule has 126 valence electrons. The van der Waals surface area contributed by atoms with E-state index in [2.05, 4.69) is 20.7 Å². The van der Waals surface area contributed by atoms with E-state index in [1.54, 1.807) is 20.8 Å². The van der Waals surface area contributed by atoms with Crippen molar-refractivity contribution in [2.75, 3.05) is 0 Å². The lowest BCUT2D eigenvalue weighted by Gasteiger charge is -2.12. The quantitative estimate of drug-likeness (QED) is 0.694. The summed E-state index contributed by atoms with van der Waals surface area (Å²) in [5.41, 5.74) is 1.86. The Morgan fingerprint density at radius 2 is 1.92 bits per heavy atom. The summed E-state index contributed by atoms with van der Waals surface area (Å²) >= 11 is 0. The summed E-state index contributed by atoms with van der Waals surface area (Å²) in [5, 5.41) is 14.4. The third-order valence-corrected chi connectivity index (χ3v) is 5.90. The van der Waals surface area contributed by atoms with Crippen LogP contribution in [0.1, 0.15) is 35.0 Å².